The Morgan fingerprint density at radius 1 is 1.23 bits per heavy atom. The Bertz CT molecular complexity index is 948. The lowest BCUT2D eigenvalue weighted by atomic mass is 10.2. The molecular formula is C17H15ClFN5OS. The minimum Gasteiger partial charge on any atom is -0.335 e. The van der Waals surface area contributed by atoms with Crippen LogP contribution in [0.2, 0.25) is 5.02 Å². The molecule has 0 aliphatic rings. The SMILES string of the molecule is C[C@H](Sc1nnc(-c2ccccc2Cl)n1N)C(=O)Nc1ccccc1F. The number of nitrogens with one attached hydrogen (secondary N) is 1. The van der Waals surface area contributed by atoms with Crippen molar-refractivity contribution >= 4 is 35.0 Å². The van der Waals surface area contributed by atoms with Crippen LogP contribution in [0.1, 0.15) is 6.92 Å². The number of aromatic nitrogens is 3. The molecule has 3 aromatic rings. The molecule has 1 atom stereocenters. The lowest BCUT2D eigenvalue weighted by Gasteiger charge is -2.12. The molecule has 0 saturated carbocycles. The molecule has 0 bridgehead atoms. The average molecular weight is 392 g/mol. The van der Waals surface area contributed by atoms with Crippen LogP contribution < -0.4 is 11.2 Å². The van der Waals surface area contributed by atoms with Gasteiger partial charge in [0.25, 0.3) is 0 Å². The van der Waals surface area contributed by atoms with E-state index >= 15 is 0 Å². The largest absolute Gasteiger partial charge is 0.335 e. The fourth-order valence-corrected chi connectivity index (χ4v) is 3.18. The molecule has 1 aromatic heterocycles. The van der Waals surface area contributed by atoms with Gasteiger partial charge in [0.2, 0.25) is 11.1 Å². The van der Waals surface area contributed by atoms with Crippen LogP contribution in [0.5, 0.6) is 0 Å². The van der Waals surface area contributed by atoms with Gasteiger partial charge in [0.1, 0.15) is 5.82 Å². The van der Waals surface area contributed by atoms with E-state index < -0.39 is 11.1 Å². The molecular weight excluding hydrogens is 377 g/mol. The Labute approximate surface area is 158 Å². The highest BCUT2D eigenvalue weighted by atomic mass is 35.5. The standard InChI is InChI=1S/C17H15ClFN5OS/c1-10(16(25)21-14-9-5-4-8-13(14)19)26-17-23-22-15(24(17)20)11-6-2-3-7-12(11)18/h2-10H,20H2,1H3,(H,21,25)/t10-/m0/s1. The Morgan fingerprint density at radius 2 is 1.92 bits per heavy atom. The number of carbonyl (C=O) groups is 1. The highest BCUT2D eigenvalue weighted by molar-refractivity contribution is 8.00. The van der Waals surface area contributed by atoms with E-state index in [1.807, 2.05) is 6.07 Å². The normalized spacial score (nSPS) is 12.0. The van der Waals surface area contributed by atoms with E-state index in [-0.39, 0.29) is 11.6 Å². The van der Waals surface area contributed by atoms with Crippen molar-refractivity contribution in [2.24, 2.45) is 0 Å². The quantitative estimate of drug-likeness (QED) is 0.513. The first-order valence-electron chi connectivity index (χ1n) is 7.65. The molecule has 0 aliphatic heterocycles. The molecule has 2 aromatic carbocycles. The van der Waals surface area contributed by atoms with Crippen molar-refractivity contribution < 1.29 is 9.18 Å². The first-order valence-corrected chi connectivity index (χ1v) is 8.90. The molecule has 134 valence electrons. The number of para-hydroxylation sites is 1. The van der Waals surface area contributed by atoms with E-state index in [4.69, 9.17) is 17.4 Å². The van der Waals surface area contributed by atoms with Crippen molar-refractivity contribution in [2.45, 2.75) is 17.3 Å². The van der Waals surface area contributed by atoms with Crippen LogP contribution in [0.4, 0.5) is 10.1 Å². The summed E-state index contributed by atoms with van der Waals surface area (Å²) in [4.78, 5) is 12.3. The number of nitrogens with zero attached hydrogens (tertiary/aromatic N) is 3. The second kappa shape index (κ2) is 7.76. The van der Waals surface area contributed by atoms with E-state index in [1.165, 1.54) is 16.8 Å². The minimum absolute atomic E-state index is 0.121. The molecule has 0 spiro atoms. The lowest BCUT2D eigenvalue weighted by Crippen LogP contribution is -2.24. The van der Waals surface area contributed by atoms with Crippen molar-refractivity contribution in [2.75, 3.05) is 11.2 Å². The summed E-state index contributed by atoms with van der Waals surface area (Å²) in [5, 5.41) is 10.9. The van der Waals surface area contributed by atoms with Gasteiger partial charge < -0.3 is 11.2 Å². The number of benzene rings is 2. The van der Waals surface area contributed by atoms with E-state index in [1.54, 1.807) is 37.3 Å². The molecule has 0 aliphatic carbocycles. The topological polar surface area (TPSA) is 85.8 Å². The van der Waals surface area contributed by atoms with Gasteiger partial charge in [-0.2, -0.15) is 0 Å². The maximum atomic E-state index is 13.7. The Kier molecular flexibility index (Phi) is 5.43. The molecule has 0 saturated heterocycles. The first-order chi connectivity index (χ1) is 12.5. The molecule has 1 amide bonds. The molecule has 0 fully saturated rings. The van der Waals surface area contributed by atoms with Gasteiger partial charge in [-0.3, -0.25) is 4.79 Å². The highest BCUT2D eigenvalue weighted by Gasteiger charge is 2.21. The molecule has 6 nitrogen and oxygen atoms in total. The molecule has 3 rings (SSSR count). The van der Waals surface area contributed by atoms with Crippen molar-refractivity contribution in [1.82, 2.24) is 14.9 Å². The molecule has 0 radical (unpaired) electrons. The van der Waals surface area contributed by atoms with Crippen LogP contribution in [0.3, 0.4) is 0 Å². The van der Waals surface area contributed by atoms with Crippen LogP contribution in [-0.2, 0) is 4.79 Å². The van der Waals surface area contributed by atoms with E-state index in [9.17, 15) is 9.18 Å². The van der Waals surface area contributed by atoms with Gasteiger partial charge in [0, 0.05) is 5.56 Å². The van der Waals surface area contributed by atoms with Crippen LogP contribution in [-0.4, -0.2) is 26.0 Å². The van der Waals surface area contributed by atoms with Crippen LogP contribution in [0.15, 0.2) is 53.7 Å². The predicted molar refractivity (Wildman–Crippen MR) is 101 cm³/mol. The average Bonchev–Trinajstić information content (AvgIpc) is 2.98. The summed E-state index contributed by atoms with van der Waals surface area (Å²) in [6.45, 7) is 1.67. The highest BCUT2D eigenvalue weighted by Crippen LogP contribution is 2.29. The third kappa shape index (κ3) is 3.81. The summed E-state index contributed by atoms with van der Waals surface area (Å²) in [6.07, 6.45) is 0. The summed E-state index contributed by atoms with van der Waals surface area (Å²) in [6, 6.07) is 13.1. The van der Waals surface area contributed by atoms with Crippen LogP contribution >= 0.6 is 23.4 Å². The lowest BCUT2D eigenvalue weighted by molar-refractivity contribution is -0.115. The van der Waals surface area contributed by atoms with Gasteiger partial charge in [-0.15, -0.1) is 10.2 Å². The van der Waals surface area contributed by atoms with Crippen molar-refractivity contribution in [3.05, 3.63) is 59.4 Å². The fraction of sp³-hybridized carbons (Fsp3) is 0.118. The van der Waals surface area contributed by atoms with Gasteiger partial charge in [-0.1, -0.05) is 47.6 Å². The third-order valence-electron chi connectivity index (χ3n) is 3.56. The number of hydrogen-bond donors (Lipinski definition) is 2. The minimum atomic E-state index is -0.569. The second-order valence-electron chi connectivity index (χ2n) is 5.39. The second-order valence-corrected chi connectivity index (χ2v) is 7.10. The monoisotopic (exact) mass is 391 g/mol. The number of halogens is 2. The summed E-state index contributed by atoms with van der Waals surface area (Å²) >= 11 is 7.27. The molecule has 3 N–H and O–H groups in total. The summed E-state index contributed by atoms with van der Waals surface area (Å²) in [5.41, 5.74) is 0.760. The van der Waals surface area contributed by atoms with Gasteiger partial charge in [-0.25, -0.2) is 9.07 Å². The van der Waals surface area contributed by atoms with Crippen LogP contribution in [0, 0.1) is 5.82 Å². The first kappa shape index (κ1) is 18.2. The van der Waals surface area contributed by atoms with Gasteiger partial charge in [-0.05, 0) is 31.2 Å². The van der Waals surface area contributed by atoms with E-state index in [2.05, 4.69) is 15.5 Å². The van der Waals surface area contributed by atoms with Crippen molar-refractivity contribution in [3.8, 4) is 11.4 Å². The number of thioether (sulfide) groups is 1. The molecule has 1 heterocycles. The van der Waals surface area contributed by atoms with Crippen molar-refractivity contribution in [1.29, 1.82) is 0 Å². The van der Waals surface area contributed by atoms with E-state index in [0.29, 0.717) is 21.6 Å². The molecule has 0 unspecified atom stereocenters. The van der Waals surface area contributed by atoms with Crippen LogP contribution in [0.25, 0.3) is 11.4 Å². The molecule has 26 heavy (non-hydrogen) atoms. The summed E-state index contributed by atoms with van der Waals surface area (Å²) < 4.78 is 14.9. The third-order valence-corrected chi connectivity index (χ3v) is 4.95. The Hall–Kier alpha value is -2.58. The zero-order chi connectivity index (χ0) is 18.7. The van der Waals surface area contributed by atoms with Gasteiger partial charge in [0.05, 0.1) is 16.0 Å². The molecule has 9 heteroatoms. The van der Waals surface area contributed by atoms with Crippen molar-refractivity contribution in [3.63, 3.8) is 0 Å². The summed E-state index contributed by atoms with van der Waals surface area (Å²) in [5.74, 6) is 5.57. The summed E-state index contributed by atoms with van der Waals surface area (Å²) in [7, 11) is 0. The predicted octanol–water partition coefficient (Wildman–Crippen LogP) is 3.57. The zero-order valence-corrected chi connectivity index (χ0v) is 15.3. The number of rotatable bonds is 5. The number of amides is 1. The fourth-order valence-electron chi connectivity index (χ4n) is 2.19. The number of nitrogen functional groups attached to an aromatic ring is 1. The number of anilines is 1. The number of carbonyl (C=O) groups excluding carboxylic acids is 1. The number of nitrogens with two attached hydrogens (primary N) is 1. The van der Waals surface area contributed by atoms with Gasteiger partial charge in [0.15, 0.2) is 5.82 Å². The smallest absolute Gasteiger partial charge is 0.237 e. The number of hydrogen-bond acceptors (Lipinski definition) is 5. The van der Waals surface area contributed by atoms with E-state index in [0.717, 1.165) is 11.8 Å². The maximum absolute atomic E-state index is 13.7. The zero-order valence-electron chi connectivity index (χ0n) is 13.7. The Balaban J connectivity index is 1.74. The maximum Gasteiger partial charge on any atom is 0.237 e. The van der Waals surface area contributed by atoms with Gasteiger partial charge >= 0.3 is 0 Å². The Morgan fingerprint density at radius 3 is 2.65 bits per heavy atom.